The monoisotopic (exact) mass is 281 g/mol. The van der Waals surface area contributed by atoms with E-state index in [1.54, 1.807) is 0 Å². The number of hydrogen-bond donors (Lipinski definition) is 1. The van der Waals surface area contributed by atoms with Crippen molar-refractivity contribution in [2.45, 2.75) is 64.0 Å². The van der Waals surface area contributed by atoms with Crippen molar-refractivity contribution in [1.29, 1.82) is 0 Å². The summed E-state index contributed by atoms with van der Waals surface area (Å²) >= 11 is 0. The van der Waals surface area contributed by atoms with Gasteiger partial charge in [-0.05, 0) is 45.1 Å². The fourth-order valence-electron chi connectivity index (χ4n) is 3.63. The van der Waals surface area contributed by atoms with Crippen molar-refractivity contribution in [2.24, 2.45) is 11.7 Å². The van der Waals surface area contributed by atoms with Gasteiger partial charge in [-0.25, -0.2) is 0 Å². The van der Waals surface area contributed by atoms with Crippen LogP contribution in [0, 0.1) is 5.92 Å². The maximum atomic E-state index is 12.5. The third-order valence-corrected chi connectivity index (χ3v) is 5.30. The Balaban J connectivity index is 1.85. The van der Waals surface area contributed by atoms with Gasteiger partial charge in [-0.2, -0.15) is 0 Å². The molecule has 4 heteroatoms. The van der Waals surface area contributed by atoms with Crippen molar-refractivity contribution < 1.29 is 4.79 Å². The van der Waals surface area contributed by atoms with Crippen molar-refractivity contribution in [3.63, 3.8) is 0 Å². The number of likely N-dealkylation sites (N-methyl/N-ethyl adjacent to an activating group) is 1. The number of carbonyl (C=O) groups is 1. The highest BCUT2D eigenvalue weighted by molar-refractivity contribution is 5.78. The summed E-state index contributed by atoms with van der Waals surface area (Å²) in [6.07, 6.45) is 8.63. The largest absolute Gasteiger partial charge is 0.342 e. The van der Waals surface area contributed by atoms with Gasteiger partial charge in [0, 0.05) is 25.7 Å². The van der Waals surface area contributed by atoms with Crippen LogP contribution < -0.4 is 5.73 Å². The second-order valence-corrected chi connectivity index (χ2v) is 6.75. The van der Waals surface area contributed by atoms with Crippen molar-refractivity contribution in [3.05, 3.63) is 0 Å². The average molecular weight is 281 g/mol. The molecule has 2 aliphatic rings. The Kier molecular flexibility index (Phi) is 5.85. The zero-order valence-corrected chi connectivity index (χ0v) is 13.2. The molecule has 20 heavy (non-hydrogen) atoms. The van der Waals surface area contributed by atoms with E-state index >= 15 is 0 Å². The van der Waals surface area contributed by atoms with Crippen LogP contribution in [-0.4, -0.2) is 54.5 Å². The molecule has 0 spiro atoms. The molecule has 1 heterocycles. The van der Waals surface area contributed by atoms with Crippen LogP contribution in [0.4, 0.5) is 0 Å². The maximum absolute atomic E-state index is 12.5. The van der Waals surface area contributed by atoms with Gasteiger partial charge in [0.15, 0.2) is 0 Å². The molecular formula is C16H31N3O. The number of hydrogen-bond acceptors (Lipinski definition) is 3. The summed E-state index contributed by atoms with van der Waals surface area (Å²) in [5.41, 5.74) is 5.80. The van der Waals surface area contributed by atoms with E-state index in [-0.39, 0.29) is 0 Å². The first kappa shape index (κ1) is 15.8. The second kappa shape index (κ2) is 7.41. The molecule has 1 aliphatic carbocycles. The van der Waals surface area contributed by atoms with Gasteiger partial charge in [-0.1, -0.05) is 19.3 Å². The van der Waals surface area contributed by atoms with Crippen LogP contribution in [0.5, 0.6) is 0 Å². The molecule has 0 aromatic rings. The summed E-state index contributed by atoms with van der Waals surface area (Å²) < 4.78 is 0. The molecule has 2 N–H and O–H groups in total. The molecule has 2 rings (SSSR count). The highest BCUT2D eigenvalue weighted by Crippen LogP contribution is 2.23. The van der Waals surface area contributed by atoms with E-state index < -0.39 is 0 Å². The van der Waals surface area contributed by atoms with Gasteiger partial charge in [0.2, 0.25) is 5.91 Å². The number of amides is 1. The zero-order chi connectivity index (χ0) is 14.5. The topological polar surface area (TPSA) is 49.6 Å². The van der Waals surface area contributed by atoms with Crippen LogP contribution in [-0.2, 0) is 4.79 Å². The van der Waals surface area contributed by atoms with Gasteiger partial charge in [-0.3, -0.25) is 9.69 Å². The van der Waals surface area contributed by atoms with Crippen molar-refractivity contribution in [2.75, 3.05) is 26.7 Å². The first-order valence-electron chi connectivity index (χ1n) is 8.31. The van der Waals surface area contributed by atoms with Crippen LogP contribution in [0.15, 0.2) is 0 Å². The lowest BCUT2D eigenvalue weighted by atomic mass is 9.93. The van der Waals surface area contributed by atoms with E-state index in [4.69, 9.17) is 5.73 Å². The molecule has 4 nitrogen and oxygen atoms in total. The Labute approximate surface area is 123 Å². The maximum Gasteiger partial charge on any atom is 0.236 e. The van der Waals surface area contributed by atoms with Crippen LogP contribution >= 0.6 is 0 Å². The van der Waals surface area contributed by atoms with Gasteiger partial charge in [0.25, 0.3) is 0 Å². The molecule has 2 unspecified atom stereocenters. The molecule has 1 aliphatic heterocycles. The lowest BCUT2D eigenvalue weighted by Crippen LogP contribution is -2.50. The molecule has 2 atom stereocenters. The first-order valence-corrected chi connectivity index (χ1v) is 8.31. The fraction of sp³-hybridized carbons (Fsp3) is 0.938. The van der Waals surface area contributed by atoms with E-state index in [2.05, 4.69) is 11.8 Å². The summed E-state index contributed by atoms with van der Waals surface area (Å²) in [7, 11) is 1.99. The molecule has 0 radical (unpaired) electrons. The molecule has 1 amide bonds. The minimum Gasteiger partial charge on any atom is -0.342 e. The lowest BCUT2D eigenvalue weighted by molar-refractivity contribution is -0.134. The quantitative estimate of drug-likeness (QED) is 0.855. The van der Waals surface area contributed by atoms with Crippen LogP contribution in [0.2, 0.25) is 0 Å². The summed E-state index contributed by atoms with van der Waals surface area (Å²) in [5, 5.41) is 0. The Hall–Kier alpha value is -0.610. The first-order chi connectivity index (χ1) is 9.61. The lowest BCUT2D eigenvalue weighted by Gasteiger charge is -2.39. The number of rotatable bonds is 4. The Morgan fingerprint density at radius 3 is 2.55 bits per heavy atom. The highest BCUT2D eigenvalue weighted by atomic mass is 16.2. The zero-order valence-electron chi connectivity index (χ0n) is 13.2. The number of nitrogens with two attached hydrogens (primary N) is 1. The molecule has 1 saturated carbocycles. The van der Waals surface area contributed by atoms with Crippen LogP contribution in [0.1, 0.15) is 51.9 Å². The second-order valence-electron chi connectivity index (χ2n) is 6.75. The van der Waals surface area contributed by atoms with E-state index in [1.165, 1.54) is 44.9 Å². The standard InChI is InChI=1S/C16H31N3O/c1-13-8-9-14(10-17)11-19(13)12-16(20)18(2)15-6-4-3-5-7-15/h13-15H,3-12,17H2,1-2H3. The van der Waals surface area contributed by atoms with Gasteiger partial charge in [0.05, 0.1) is 6.54 Å². The molecular weight excluding hydrogens is 250 g/mol. The van der Waals surface area contributed by atoms with E-state index in [0.29, 0.717) is 30.5 Å². The smallest absolute Gasteiger partial charge is 0.236 e. The third kappa shape index (κ3) is 3.95. The number of nitrogens with zero attached hydrogens (tertiary/aromatic N) is 2. The van der Waals surface area contributed by atoms with Crippen molar-refractivity contribution in [3.8, 4) is 0 Å². The predicted molar refractivity (Wildman–Crippen MR) is 82.5 cm³/mol. The molecule has 0 bridgehead atoms. The Morgan fingerprint density at radius 2 is 1.90 bits per heavy atom. The van der Waals surface area contributed by atoms with Crippen LogP contribution in [0.3, 0.4) is 0 Å². The normalized spacial score (nSPS) is 29.4. The fourth-order valence-corrected chi connectivity index (χ4v) is 3.63. The molecule has 0 aromatic heterocycles. The predicted octanol–water partition coefficient (Wildman–Crippen LogP) is 1.84. The average Bonchev–Trinajstić information content (AvgIpc) is 2.49. The van der Waals surface area contributed by atoms with Crippen molar-refractivity contribution >= 4 is 5.91 Å². The number of likely N-dealkylation sites (tertiary alicyclic amines) is 1. The summed E-state index contributed by atoms with van der Waals surface area (Å²) in [6.45, 7) is 4.54. The highest BCUT2D eigenvalue weighted by Gasteiger charge is 2.29. The van der Waals surface area contributed by atoms with Gasteiger partial charge in [0.1, 0.15) is 0 Å². The van der Waals surface area contributed by atoms with E-state index in [0.717, 1.165) is 13.1 Å². The van der Waals surface area contributed by atoms with E-state index in [9.17, 15) is 4.79 Å². The van der Waals surface area contributed by atoms with Gasteiger partial charge >= 0.3 is 0 Å². The Morgan fingerprint density at radius 1 is 1.20 bits per heavy atom. The third-order valence-electron chi connectivity index (χ3n) is 5.30. The van der Waals surface area contributed by atoms with Gasteiger partial charge in [-0.15, -0.1) is 0 Å². The molecule has 1 saturated heterocycles. The molecule has 116 valence electrons. The SMILES string of the molecule is CC1CCC(CN)CN1CC(=O)N(C)C1CCCCC1. The minimum absolute atomic E-state index is 0.293. The Bertz CT molecular complexity index is 315. The van der Waals surface area contributed by atoms with E-state index in [1.807, 2.05) is 11.9 Å². The molecule has 0 aromatic carbocycles. The van der Waals surface area contributed by atoms with Gasteiger partial charge < -0.3 is 10.6 Å². The van der Waals surface area contributed by atoms with Crippen molar-refractivity contribution in [1.82, 2.24) is 9.80 Å². The van der Waals surface area contributed by atoms with Crippen LogP contribution in [0.25, 0.3) is 0 Å². The molecule has 2 fully saturated rings. The summed E-state index contributed by atoms with van der Waals surface area (Å²) in [4.78, 5) is 16.9. The number of piperidine rings is 1. The minimum atomic E-state index is 0.293. The summed E-state index contributed by atoms with van der Waals surface area (Å²) in [5.74, 6) is 0.861. The summed E-state index contributed by atoms with van der Waals surface area (Å²) in [6, 6.07) is 0.989. The number of carbonyl (C=O) groups excluding carboxylic acids is 1.